The molecule has 1 aromatic carbocycles. The van der Waals surface area contributed by atoms with E-state index in [0.717, 1.165) is 5.56 Å². The van der Waals surface area contributed by atoms with Gasteiger partial charge in [-0.2, -0.15) is 10.2 Å². The highest BCUT2D eigenvalue weighted by molar-refractivity contribution is 6.74. The number of guanidine groups is 1. The van der Waals surface area contributed by atoms with Crippen molar-refractivity contribution >= 4 is 44.2 Å². The summed E-state index contributed by atoms with van der Waals surface area (Å²) in [4.78, 5) is 33.0. The molecule has 0 bridgehead atoms. The van der Waals surface area contributed by atoms with Gasteiger partial charge in [0.05, 0.1) is 43.0 Å². The van der Waals surface area contributed by atoms with Crippen LogP contribution in [0.3, 0.4) is 0 Å². The van der Waals surface area contributed by atoms with Crippen molar-refractivity contribution in [2.75, 3.05) is 43.2 Å². The van der Waals surface area contributed by atoms with Crippen LogP contribution in [0.1, 0.15) is 84.8 Å². The van der Waals surface area contributed by atoms with E-state index in [1.807, 2.05) is 39.8 Å². The molecule has 12 nitrogen and oxygen atoms in total. The first kappa shape index (κ1) is 38.7. The van der Waals surface area contributed by atoms with E-state index in [9.17, 15) is 10.1 Å². The van der Waals surface area contributed by atoms with Gasteiger partial charge in [-0.25, -0.2) is 19.8 Å². The zero-order chi connectivity index (χ0) is 37.3. The van der Waals surface area contributed by atoms with E-state index in [-0.39, 0.29) is 16.4 Å². The second kappa shape index (κ2) is 14.2. The van der Waals surface area contributed by atoms with Crippen LogP contribution in [0.25, 0.3) is 5.70 Å². The number of nitrogens with one attached hydrogen (secondary N) is 1. The molecule has 4 rings (SSSR count). The second-order valence-corrected chi connectivity index (χ2v) is 21.1. The molecule has 2 aromatic rings. The monoisotopic (exact) mass is 703 g/mol. The number of benzene rings is 1. The van der Waals surface area contributed by atoms with Crippen molar-refractivity contribution in [1.82, 2.24) is 9.97 Å². The lowest BCUT2D eigenvalue weighted by Crippen LogP contribution is -2.46. The Morgan fingerprint density at radius 3 is 2.42 bits per heavy atom. The van der Waals surface area contributed by atoms with Crippen molar-refractivity contribution < 1.29 is 23.4 Å². The molecular formula is C37H53N7O5Si. The molecule has 1 N–H and O–H groups in total. The number of anilines is 2. The fourth-order valence-corrected chi connectivity index (χ4v) is 6.45. The van der Waals surface area contributed by atoms with Crippen LogP contribution in [0.15, 0.2) is 34.4 Å². The summed E-state index contributed by atoms with van der Waals surface area (Å²) < 4.78 is 24.0. The molecule has 1 aromatic heterocycles. The van der Waals surface area contributed by atoms with Crippen LogP contribution in [0, 0.1) is 23.7 Å². The van der Waals surface area contributed by atoms with Crippen molar-refractivity contribution in [3.05, 3.63) is 46.9 Å². The van der Waals surface area contributed by atoms with Crippen molar-refractivity contribution in [1.29, 1.82) is 5.26 Å². The summed E-state index contributed by atoms with van der Waals surface area (Å²) in [5.41, 5.74) is 1.91. The lowest BCUT2D eigenvalue weighted by molar-refractivity contribution is -0.120. The molecule has 1 atom stereocenters. The minimum atomic E-state index is -2.17. The Bertz CT molecular complexity index is 1730. The van der Waals surface area contributed by atoms with Crippen LogP contribution >= 0.6 is 0 Å². The second-order valence-electron chi connectivity index (χ2n) is 16.3. The molecule has 13 heteroatoms. The van der Waals surface area contributed by atoms with Crippen molar-refractivity contribution in [2.24, 2.45) is 15.4 Å². The first-order valence-corrected chi connectivity index (χ1v) is 19.8. The minimum absolute atomic E-state index is 0.0137. The van der Waals surface area contributed by atoms with E-state index < -0.39 is 25.4 Å². The molecule has 1 fully saturated rings. The Hall–Kier alpha value is -4.12. The maximum absolute atomic E-state index is 13.6. The maximum atomic E-state index is 13.6. The zero-order valence-corrected chi connectivity index (χ0v) is 32.8. The van der Waals surface area contributed by atoms with Crippen molar-refractivity contribution in [3.63, 3.8) is 0 Å². The van der Waals surface area contributed by atoms with Gasteiger partial charge >= 0.3 is 6.09 Å². The van der Waals surface area contributed by atoms with E-state index in [1.165, 1.54) is 0 Å². The van der Waals surface area contributed by atoms with Crippen LogP contribution in [-0.2, 0) is 19.3 Å². The summed E-state index contributed by atoms with van der Waals surface area (Å²) in [6.45, 7) is 30.3. The number of allylic oxidation sites excluding steroid dienone is 1. The maximum Gasteiger partial charge on any atom is 0.414 e. The molecule has 2 aliphatic rings. The summed E-state index contributed by atoms with van der Waals surface area (Å²) in [6, 6.07) is 6.06. The third-order valence-electron chi connectivity index (χ3n) is 9.35. The van der Waals surface area contributed by atoms with Crippen molar-refractivity contribution in [2.45, 2.75) is 98.4 Å². The van der Waals surface area contributed by atoms with Gasteiger partial charge in [0.15, 0.2) is 8.32 Å². The number of hydrogen-bond acceptors (Lipinski definition) is 9. The molecule has 270 valence electrons. The summed E-state index contributed by atoms with van der Waals surface area (Å²) in [7, 11) is -2.17. The number of aryl methyl sites for hydroxylation is 1. The molecule has 50 heavy (non-hydrogen) atoms. The molecule has 0 saturated carbocycles. The summed E-state index contributed by atoms with van der Waals surface area (Å²) in [5, 5.41) is 13.6. The zero-order valence-electron chi connectivity index (χ0n) is 31.8. The minimum Gasteiger partial charge on any atom is -0.475 e. The molecule has 1 amide bonds. The fourth-order valence-electron chi connectivity index (χ4n) is 5.34. The topological polar surface area (TPSA) is 144 Å². The Morgan fingerprint density at radius 1 is 1.20 bits per heavy atom. The van der Waals surface area contributed by atoms with Gasteiger partial charge in [-0.15, -0.1) is 0 Å². The summed E-state index contributed by atoms with van der Waals surface area (Å²) >= 11 is 0. The number of amides is 1. The van der Waals surface area contributed by atoms with Gasteiger partial charge < -0.3 is 24.0 Å². The molecular weight excluding hydrogens is 651 g/mol. The number of ether oxygens (including phenoxy) is 3. The van der Waals surface area contributed by atoms with Crippen LogP contribution < -0.4 is 15.0 Å². The number of carbonyl (C=O) groups excluding carboxylic acids is 1. The van der Waals surface area contributed by atoms with E-state index in [1.54, 1.807) is 24.1 Å². The van der Waals surface area contributed by atoms with Crippen LogP contribution in [0.4, 0.5) is 16.2 Å². The predicted octanol–water partition coefficient (Wildman–Crippen LogP) is 7.64. The van der Waals surface area contributed by atoms with Crippen LogP contribution in [-0.4, -0.2) is 75.6 Å². The van der Waals surface area contributed by atoms with Gasteiger partial charge in [0.25, 0.3) is 0 Å². The Kier molecular flexibility index (Phi) is 11.0. The third kappa shape index (κ3) is 8.59. The average molecular weight is 704 g/mol. The first-order valence-electron chi connectivity index (χ1n) is 16.9. The van der Waals surface area contributed by atoms with Gasteiger partial charge in [-0.1, -0.05) is 40.7 Å². The largest absolute Gasteiger partial charge is 0.475 e. The molecule has 3 heterocycles. The molecule has 2 aliphatic heterocycles. The van der Waals surface area contributed by atoms with E-state index in [2.05, 4.69) is 80.8 Å². The van der Waals surface area contributed by atoms with Gasteiger partial charge in [0.2, 0.25) is 11.8 Å². The highest BCUT2D eigenvalue weighted by Gasteiger charge is 2.47. The van der Waals surface area contributed by atoms with E-state index in [0.29, 0.717) is 72.9 Å². The van der Waals surface area contributed by atoms with Gasteiger partial charge in [-0.05, 0) is 77.2 Å². The number of nitriles is 1. The summed E-state index contributed by atoms with van der Waals surface area (Å²) in [5.74, 6) is 1.11. The molecule has 0 radical (unpaired) electrons. The SMILES string of the molecule is C=NC(=N/C(=C\C)c1cc(C#N)c2c(c1)[C@@](C)(CO[Si](C)(C)C(C)(C)C)CN2C(=O)OC(C)(C)C)Nc1cnc(C)nc1OCC1(C)COC1. The number of aromatic nitrogens is 2. The van der Waals surface area contributed by atoms with Gasteiger partial charge in [-0.3, -0.25) is 4.90 Å². The molecule has 0 aliphatic carbocycles. The molecule has 0 unspecified atom stereocenters. The van der Waals surface area contributed by atoms with Crippen molar-refractivity contribution in [3.8, 4) is 11.9 Å². The van der Waals surface area contributed by atoms with Gasteiger partial charge in [0.1, 0.15) is 23.2 Å². The van der Waals surface area contributed by atoms with Crippen LogP contribution in [0.5, 0.6) is 5.88 Å². The summed E-state index contributed by atoms with van der Waals surface area (Å²) in [6.07, 6.45) is 2.94. The number of aliphatic imine (C=N–C) groups is 2. The first-order chi connectivity index (χ1) is 23.1. The Balaban J connectivity index is 1.75. The average Bonchev–Trinajstić information content (AvgIpc) is 3.32. The number of hydrogen-bond donors (Lipinski definition) is 1. The number of nitrogens with zero attached hydrogens (tertiary/aromatic N) is 6. The number of rotatable bonds is 9. The lowest BCUT2D eigenvalue weighted by atomic mass is 9.83. The van der Waals surface area contributed by atoms with E-state index >= 15 is 0 Å². The standard InChI is InChI=1S/C37H53N7O5Si/c1-14-28(42-32(39-11)43-29-18-40-24(2)41-31(29)47-22-36(9)20-46-21-36)25-15-26(17-38)30-27(16-25)37(10,23-48-50(12,13)35(6,7)8)19-44(30)33(45)49-34(3,4)5/h14-16,18H,11,19-23H2,1-10,12-13H3,(H,42,43)/b28-14-/t37-/m1/s1. The van der Waals surface area contributed by atoms with Crippen LogP contribution in [0.2, 0.25) is 18.1 Å². The lowest BCUT2D eigenvalue weighted by Gasteiger charge is -2.39. The quantitative estimate of drug-likeness (QED) is 0.158. The Morgan fingerprint density at radius 2 is 1.88 bits per heavy atom. The third-order valence-corrected chi connectivity index (χ3v) is 13.8. The highest BCUT2D eigenvalue weighted by Crippen LogP contribution is 2.47. The van der Waals surface area contributed by atoms with E-state index in [4.69, 9.17) is 23.6 Å². The Labute approximate surface area is 298 Å². The number of carbonyl (C=O) groups is 1. The smallest absolute Gasteiger partial charge is 0.414 e. The normalized spacial score (nSPS) is 19.3. The van der Waals surface area contributed by atoms with Gasteiger partial charge in [0, 0.05) is 29.5 Å². The fraction of sp³-hybridized carbons (Fsp3) is 0.568. The number of fused-ring (bicyclic) bond motifs is 1. The highest BCUT2D eigenvalue weighted by atomic mass is 28.4. The molecule has 0 spiro atoms. The molecule has 1 saturated heterocycles. The predicted molar refractivity (Wildman–Crippen MR) is 201 cm³/mol.